The van der Waals surface area contributed by atoms with E-state index in [9.17, 15) is 18.4 Å². The Kier molecular flexibility index (Phi) is 4.53. The molecule has 24 heavy (non-hydrogen) atoms. The summed E-state index contributed by atoms with van der Waals surface area (Å²) in [5.41, 5.74) is 0.296. The summed E-state index contributed by atoms with van der Waals surface area (Å²) in [6, 6.07) is 10.7. The van der Waals surface area contributed by atoms with Gasteiger partial charge in [-0.1, -0.05) is 18.9 Å². The number of nitrogens with zero attached hydrogens (tertiary/aromatic N) is 1. The third kappa shape index (κ3) is 3.26. The van der Waals surface area contributed by atoms with Gasteiger partial charge >= 0.3 is 5.91 Å². The zero-order valence-electron chi connectivity index (χ0n) is 13.0. The summed E-state index contributed by atoms with van der Waals surface area (Å²) in [6.45, 7) is 0. The van der Waals surface area contributed by atoms with Gasteiger partial charge in [-0.15, -0.1) is 0 Å². The van der Waals surface area contributed by atoms with E-state index in [1.54, 1.807) is 24.3 Å². The lowest BCUT2D eigenvalue weighted by Crippen LogP contribution is -2.36. The smallest absolute Gasteiger partial charge is 0.321 e. The van der Waals surface area contributed by atoms with Gasteiger partial charge in [0.05, 0.1) is 10.1 Å². The molecule has 0 unspecified atom stereocenters. The SMILES string of the molecule is O=C(Nc1cccc(S(=O)(=O)C2CCCC2)c1)c1cccc[n+]1[O-]. The molecule has 1 heterocycles. The molecule has 1 N–H and O–H groups in total. The molecule has 1 fully saturated rings. The monoisotopic (exact) mass is 346 g/mol. The molecular formula is C17H18N2O4S. The van der Waals surface area contributed by atoms with Crippen LogP contribution in [0.2, 0.25) is 0 Å². The van der Waals surface area contributed by atoms with Crippen LogP contribution >= 0.6 is 0 Å². The second-order valence-electron chi connectivity index (χ2n) is 5.85. The average molecular weight is 346 g/mol. The number of benzene rings is 1. The summed E-state index contributed by atoms with van der Waals surface area (Å²) in [4.78, 5) is 12.4. The minimum atomic E-state index is -3.39. The first-order valence-electron chi connectivity index (χ1n) is 7.82. The lowest BCUT2D eigenvalue weighted by atomic mass is 10.3. The molecule has 1 aliphatic carbocycles. The summed E-state index contributed by atoms with van der Waals surface area (Å²) in [7, 11) is -3.39. The van der Waals surface area contributed by atoms with E-state index in [2.05, 4.69) is 5.32 Å². The summed E-state index contributed by atoms with van der Waals surface area (Å²) in [5.74, 6) is -0.582. The lowest BCUT2D eigenvalue weighted by molar-refractivity contribution is -0.607. The van der Waals surface area contributed by atoms with Crippen LogP contribution in [0.1, 0.15) is 36.2 Å². The molecule has 0 radical (unpaired) electrons. The molecule has 0 spiro atoms. The molecule has 0 atom stereocenters. The predicted octanol–water partition coefficient (Wildman–Crippen LogP) is 2.29. The number of sulfone groups is 1. The van der Waals surface area contributed by atoms with Crippen molar-refractivity contribution in [1.29, 1.82) is 0 Å². The highest BCUT2D eigenvalue weighted by Gasteiger charge is 2.30. The van der Waals surface area contributed by atoms with Crippen LogP contribution in [0.4, 0.5) is 5.69 Å². The van der Waals surface area contributed by atoms with Crippen molar-refractivity contribution in [2.24, 2.45) is 0 Å². The minimum Gasteiger partial charge on any atom is -0.618 e. The van der Waals surface area contributed by atoms with Gasteiger partial charge in [0.15, 0.2) is 16.0 Å². The summed E-state index contributed by atoms with van der Waals surface area (Å²) >= 11 is 0. The van der Waals surface area contributed by atoms with E-state index in [0.717, 1.165) is 12.8 Å². The second-order valence-corrected chi connectivity index (χ2v) is 8.07. The molecule has 0 aliphatic heterocycles. The number of carbonyl (C=O) groups excluding carboxylic acids is 1. The molecule has 1 aromatic heterocycles. The van der Waals surface area contributed by atoms with Crippen molar-refractivity contribution in [3.63, 3.8) is 0 Å². The number of pyridine rings is 1. The summed E-state index contributed by atoms with van der Waals surface area (Å²) in [5, 5.41) is 13.8. The van der Waals surface area contributed by atoms with Gasteiger partial charge in [-0.3, -0.25) is 4.79 Å². The second kappa shape index (κ2) is 6.60. The van der Waals surface area contributed by atoms with Crippen molar-refractivity contribution in [3.8, 4) is 0 Å². The molecule has 0 saturated heterocycles. The molecular weight excluding hydrogens is 328 g/mol. The number of hydrogen-bond donors (Lipinski definition) is 1. The van der Waals surface area contributed by atoms with Gasteiger partial charge in [0, 0.05) is 17.8 Å². The number of aromatic nitrogens is 1. The maximum Gasteiger partial charge on any atom is 0.321 e. The van der Waals surface area contributed by atoms with Gasteiger partial charge in [-0.2, -0.15) is 4.73 Å². The van der Waals surface area contributed by atoms with Crippen LogP contribution in [0.3, 0.4) is 0 Å². The van der Waals surface area contributed by atoms with Crippen molar-refractivity contribution >= 4 is 21.4 Å². The van der Waals surface area contributed by atoms with Gasteiger partial charge in [0.2, 0.25) is 0 Å². The number of rotatable bonds is 4. The fourth-order valence-corrected chi connectivity index (χ4v) is 4.84. The first kappa shape index (κ1) is 16.4. The van der Waals surface area contributed by atoms with E-state index in [1.165, 1.54) is 24.4 Å². The maximum atomic E-state index is 12.6. The molecule has 1 amide bonds. The van der Waals surface area contributed by atoms with Crippen molar-refractivity contribution in [2.75, 3.05) is 5.32 Å². The number of hydrogen-bond acceptors (Lipinski definition) is 4. The summed E-state index contributed by atoms with van der Waals surface area (Å²) < 4.78 is 25.7. The molecule has 7 heteroatoms. The van der Waals surface area contributed by atoms with E-state index in [-0.39, 0.29) is 15.8 Å². The van der Waals surface area contributed by atoms with Gasteiger partial charge in [-0.05, 0) is 37.1 Å². The Bertz CT molecular complexity index is 858. The number of amides is 1. The fraction of sp³-hybridized carbons (Fsp3) is 0.294. The third-order valence-corrected chi connectivity index (χ3v) is 6.48. The van der Waals surface area contributed by atoms with Gasteiger partial charge in [0.1, 0.15) is 0 Å². The molecule has 2 aromatic rings. The van der Waals surface area contributed by atoms with E-state index in [1.807, 2.05) is 0 Å². The van der Waals surface area contributed by atoms with Crippen LogP contribution in [-0.4, -0.2) is 19.6 Å². The molecule has 1 aliphatic rings. The number of anilines is 1. The Morgan fingerprint density at radius 1 is 1.12 bits per heavy atom. The molecule has 126 valence electrons. The van der Waals surface area contributed by atoms with E-state index >= 15 is 0 Å². The first-order chi connectivity index (χ1) is 11.5. The lowest BCUT2D eigenvalue weighted by Gasteiger charge is -2.12. The zero-order chi connectivity index (χ0) is 17.2. The number of carbonyl (C=O) groups is 1. The fourth-order valence-electron chi connectivity index (χ4n) is 2.94. The van der Waals surface area contributed by atoms with Crippen LogP contribution in [0, 0.1) is 5.21 Å². The van der Waals surface area contributed by atoms with E-state index < -0.39 is 15.7 Å². The normalized spacial score (nSPS) is 15.3. The van der Waals surface area contributed by atoms with Crippen LogP contribution in [0.5, 0.6) is 0 Å². The van der Waals surface area contributed by atoms with Crippen LogP contribution in [0.15, 0.2) is 53.6 Å². The molecule has 6 nitrogen and oxygen atoms in total. The molecule has 0 bridgehead atoms. The highest BCUT2D eigenvalue weighted by Crippen LogP contribution is 2.30. The highest BCUT2D eigenvalue weighted by atomic mass is 32.2. The Balaban J connectivity index is 1.83. The van der Waals surface area contributed by atoms with Gasteiger partial charge < -0.3 is 10.5 Å². The quantitative estimate of drug-likeness (QED) is 0.679. The number of nitrogens with one attached hydrogen (secondary N) is 1. The molecule has 1 saturated carbocycles. The average Bonchev–Trinajstić information content (AvgIpc) is 3.11. The van der Waals surface area contributed by atoms with Gasteiger partial charge in [0.25, 0.3) is 5.69 Å². The molecule has 1 aromatic carbocycles. The topological polar surface area (TPSA) is 90.2 Å². The van der Waals surface area contributed by atoms with Crippen molar-refractivity contribution in [1.82, 2.24) is 0 Å². The Labute approximate surface area is 140 Å². The molecule has 3 rings (SSSR count). The highest BCUT2D eigenvalue weighted by molar-refractivity contribution is 7.92. The van der Waals surface area contributed by atoms with Crippen LogP contribution in [-0.2, 0) is 9.84 Å². The van der Waals surface area contributed by atoms with Crippen molar-refractivity contribution in [3.05, 3.63) is 59.6 Å². The van der Waals surface area contributed by atoms with Crippen molar-refractivity contribution < 1.29 is 17.9 Å². The first-order valence-corrected chi connectivity index (χ1v) is 9.36. The van der Waals surface area contributed by atoms with E-state index in [0.29, 0.717) is 23.3 Å². The maximum absolute atomic E-state index is 12.6. The van der Waals surface area contributed by atoms with Crippen LogP contribution in [0.25, 0.3) is 0 Å². The summed E-state index contributed by atoms with van der Waals surface area (Å²) in [6.07, 6.45) is 4.45. The minimum absolute atomic E-state index is 0.0541. The Hall–Kier alpha value is -2.41. The van der Waals surface area contributed by atoms with Crippen LogP contribution < -0.4 is 10.0 Å². The predicted molar refractivity (Wildman–Crippen MR) is 89.2 cm³/mol. The Morgan fingerprint density at radius 2 is 1.88 bits per heavy atom. The van der Waals surface area contributed by atoms with Crippen molar-refractivity contribution in [2.45, 2.75) is 35.8 Å². The van der Waals surface area contributed by atoms with E-state index in [4.69, 9.17) is 0 Å². The standard InChI is InChI=1S/C17H18N2O4S/c20-17(16-10-3-4-11-19(16)21)18-13-6-5-9-15(12-13)24(22,23)14-7-1-2-8-14/h3-6,9-12,14H,1-2,7-8H2,(H,18,20). The zero-order valence-corrected chi connectivity index (χ0v) is 13.8. The third-order valence-electron chi connectivity index (χ3n) is 4.22. The largest absolute Gasteiger partial charge is 0.618 e. The van der Waals surface area contributed by atoms with Gasteiger partial charge in [-0.25, -0.2) is 8.42 Å². The Morgan fingerprint density at radius 3 is 2.58 bits per heavy atom.